The molecular formula is C18H40N2. The molecule has 0 aliphatic heterocycles. The average Bonchev–Trinajstić information content (AvgIpc) is 2.35. The molecule has 0 fully saturated rings. The van der Waals surface area contributed by atoms with Gasteiger partial charge in [-0.2, -0.15) is 0 Å². The molecule has 0 aliphatic rings. The summed E-state index contributed by atoms with van der Waals surface area (Å²) in [6.45, 7) is 9.28. The third-order valence-electron chi connectivity index (χ3n) is 3.80. The maximum absolute atomic E-state index is 3.75. The number of hydrogen-bond donors (Lipinski definition) is 1. The average molecular weight is 285 g/mol. The second kappa shape index (κ2) is 13.9. The number of rotatable bonds is 14. The number of nitrogens with one attached hydrogen (secondary N) is 1. The molecule has 0 rings (SSSR count). The second-order valence-electron chi connectivity index (χ2n) is 7.02. The highest BCUT2D eigenvalue weighted by Crippen LogP contribution is 2.09. The molecule has 2 heteroatoms. The summed E-state index contributed by atoms with van der Waals surface area (Å²) in [4.78, 5) is 2.30. The lowest BCUT2D eigenvalue weighted by Crippen LogP contribution is -2.39. The molecule has 0 saturated heterocycles. The van der Waals surface area contributed by atoms with Crippen LogP contribution in [-0.2, 0) is 0 Å². The topological polar surface area (TPSA) is 15.3 Å². The van der Waals surface area contributed by atoms with Gasteiger partial charge in [0.25, 0.3) is 0 Å². The summed E-state index contributed by atoms with van der Waals surface area (Å²) in [5, 5.41) is 3.75. The van der Waals surface area contributed by atoms with Crippen molar-refractivity contribution >= 4 is 0 Å². The second-order valence-corrected chi connectivity index (χ2v) is 7.02. The molecule has 2 nitrogen and oxygen atoms in total. The number of likely N-dealkylation sites (N-methyl/N-ethyl adjacent to an activating group) is 1. The van der Waals surface area contributed by atoms with Gasteiger partial charge in [-0.15, -0.1) is 0 Å². The van der Waals surface area contributed by atoms with Crippen LogP contribution in [0.4, 0.5) is 0 Å². The molecule has 0 aromatic rings. The van der Waals surface area contributed by atoms with E-state index in [0.29, 0.717) is 6.04 Å². The van der Waals surface area contributed by atoms with E-state index in [1.807, 2.05) is 0 Å². The Hall–Kier alpha value is -0.0800. The van der Waals surface area contributed by atoms with E-state index < -0.39 is 0 Å². The van der Waals surface area contributed by atoms with Crippen molar-refractivity contribution in [2.75, 3.05) is 27.2 Å². The SMILES string of the molecule is CCCCCCCCCCNC(CC(C)C)CN(C)C. The van der Waals surface area contributed by atoms with E-state index in [0.717, 1.165) is 12.5 Å². The van der Waals surface area contributed by atoms with Crippen LogP contribution >= 0.6 is 0 Å². The molecule has 0 spiro atoms. The zero-order valence-electron chi connectivity index (χ0n) is 14.9. The molecule has 0 aliphatic carbocycles. The third kappa shape index (κ3) is 14.3. The van der Waals surface area contributed by atoms with Crippen LogP contribution in [0, 0.1) is 5.92 Å². The molecule has 0 aromatic heterocycles. The molecule has 0 heterocycles. The Labute approximate surface area is 128 Å². The zero-order valence-corrected chi connectivity index (χ0v) is 14.9. The summed E-state index contributed by atoms with van der Waals surface area (Å²) in [5.74, 6) is 0.783. The van der Waals surface area contributed by atoms with Gasteiger partial charge in [-0.05, 0) is 39.4 Å². The Balaban J connectivity index is 3.48. The summed E-state index contributed by atoms with van der Waals surface area (Å²) in [5.41, 5.74) is 0. The first-order chi connectivity index (χ1) is 9.56. The highest BCUT2D eigenvalue weighted by atomic mass is 15.1. The van der Waals surface area contributed by atoms with Gasteiger partial charge in [-0.25, -0.2) is 0 Å². The first-order valence-electron chi connectivity index (χ1n) is 8.94. The van der Waals surface area contributed by atoms with Gasteiger partial charge in [0, 0.05) is 12.6 Å². The van der Waals surface area contributed by atoms with Crippen molar-refractivity contribution in [3.05, 3.63) is 0 Å². The first kappa shape index (κ1) is 19.9. The van der Waals surface area contributed by atoms with Crippen molar-refractivity contribution in [3.63, 3.8) is 0 Å². The van der Waals surface area contributed by atoms with Crippen LogP contribution in [0.1, 0.15) is 78.6 Å². The smallest absolute Gasteiger partial charge is 0.0197 e. The standard InChI is InChI=1S/C18H40N2/c1-6-7-8-9-10-11-12-13-14-19-18(15-17(2)3)16-20(4)5/h17-19H,6-16H2,1-5H3. The van der Waals surface area contributed by atoms with Crippen LogP contribution in [0.3, 0.4) is 0 Å². The fourth-order valence-corrected chi connectivity index (χ4v) is 2.80. The van der Waals surface area contributed by atoms with Crippen LogP contribution in [-0.4, -0.2) is 38.1 Å². The molecule has 20 heavy (non-hydrogen) atoms. The summed E-state index contributed by atoms with van der Waals surface area (Å²) in [6, 6.07) is 0.662. The summed E-state index contributed by atoms with van der Waals surface area (Å²) in [7, 11) is 4.34. The lowest BCUT2D eigenvalue weighted by atomic mass is 10.0. The Kier molecular flexibility index (Phi) is 13.8. The van der Waals surface area contributed by atoms with Crippen LogP contribution in [0.5, 0.6) is 0 Å². The van der Waals surface area contributed by atoms with E-state index >= 15 is 0 Å². The molecule has 0 amide bonds. The van der Waals surface area contributed by atoms with Crippen LogP contribution in [0.15, 0.2) is 0 Å². The van der Waals surface area contributed by atoms with Gasteiger partial charge in [-0.3, -0.25) is 0 Å². The van der Waals surface area contributed by atoms with Crippen molar-refractivity contribution in [3.8, 4) is 0 Å². The lowest BCUT2D eigenvalue weighted by Gasteiger charge is -2.24. The first-order valence-corrected chi connectivity index (χ1v) is 8.94. The van der Waals surface area contributed by atoms with Crippen molar-refractivity contribution in [1.82, 2.24) is 10.2 Å². The van der Waals surface area contributed by atoms with Crippen molar-refractivity contribution in [2.45, 2.75) is 84.6 Å². The number of hydrogen-bond acceptors (Lipinski definition) is 2. The van der Waals surface area contributed by atoms with E-state index in [1.54, 1.807) is 0 Å². The lowest BCUT2D eigenvalue weighted by molar-refractivity contribution is 0.304. The molecule has 0 aromatic carbocycles. The van der Waals surface area contributed by atoms with Crippen molar-refractivity contribution in [1.29, 1.82) is 0 Å². The normalized spacial score (nSPS) is 13.3. The van der Waals surface area contributed by atoms with Gasteiger partial charge in [0.15, 0.2) is 0 Å². The quantitative estimate of drug-likeness (QED) is 0.465. The van der Waals surface area contributed by atoms with Gasteiger partial charge >= 0.3 is 0 Å². The zero-order chi connectivity index (χ0) is 15.2. The highest BCUT2D eigenvalue weighted by molar-refractivity contribution is 4.71. The Bertz CT molecular complexity index is 180. The maximum atomic E-state index is 3.75. The summed E-state index contributed by atoms with van der Waals surface area (Å²) >= 11 is 0. The Morgan fingerprint density at radius 2 is 1.40 bits per heavy atom. The van der Waals surface area contributed by atoms with E-state index in [4.69, 9.17) is 0 Å². The fourth-order valence-electron chi connectivity index (χ4n) is 2.80. The van der Waals surface area contributed by atoms with Gasteiger partial charge in [-0.1, -0.05) is 65.7 Å². The van der Waals surface area contributed by atoms with Crippen LogP contribution < -0.4 is 5.32 Å². The molecule has 1 N–H and O–H groups in total. The minimum atomic E-state index is 0.662. The molecular weight excluding hydrogens is 244 g/mol. The minimum absolute atomic E-state index is 0.662. The Morgan fingerprint density at radius 1 is 0.850 bits per heavy atom. The molecule has 122 valence electrons. The predicted octanol–water partition coefficient (Wildman–Crippen LogP) is 4.69. The van der Waals surface area contributed by atoms with Crippen molar-refractivity contribution < 1.29 is 0 Å². The molecule has 0 saturated carbocycles. The van der Waals surface area contributed by atoms with Gasteiger partial charge in [0.2, 0.25) is 0 Å². The van der Waals surface area contributed by atoms with Gasteiger partial charge in [0.1, 0.15) is 0 Å². The van der Waals surface area contributed by atoms with Gasteiger partial charge in [0.05, 0.1) is 0 Å². The third-order valence-corrected chi connectivity index (χ3v) is 3.80. The van der Waals surface area contributed by atoms with E-state index in [1.165, 1.54) is 64.3 Å². The highest BCUT2D eigenvalue weighted by Gasteiger charge is 2.10. The summed E-state index contributed by atoms with van der Waals surface area (Å²) in [6.07, 6.45) is 12.5. The van der Waals surface area contributed by atoms with E-state index in [2.05, 4.69) is 45.1 Å². The largest absolute Gasteiger partial charge is 0.313 e. The molecule has 1 atom stereocenters. The van der Waals surface area contributed by atoms with Gasteiger partial charge < -0.3 is 10.2 Å². The minimum Gasteiger partial charge on any atom is -0.313 e. The molecule has 0 bridgehead atoms. The van der Waals surface area contributed by atoms with E-state index in [-0.39, 0.29) is 0 Å². The van der Waals surface area contributed by atoms with Crippen LogP contribution in [0.25, 0.3) is 0 Å². The van der Waals surface area contributed by atoms with Crippen LogP contribution in [0.2, 0.25) is 0 Å². The van der Waals surface area contributed by atoms with Crippen molar-refractivity contribution in [2.24, 2.45) is 5.92 Å². The maximum Gasteiger partial charge on any atom is 0.0197 e. The number of nitrogens with zero attached hydrogens (tertiary/aromatic N) is 1. The monoisotopic (exact) mass is 284 g/mol. The predicted molar refractivity (Wildman–Crippen MR) is 92.4 cm³/mol. The number of unbranched alkanes of at least 4 members (excludes halogenated alkanes) is 7. The Morgan fingerprint density at radius 3 is 1.90 bits per heavy atom. The molecule has 1 unspecified atom stereocenters. The van der Waals surface area contributed by atoms with E-state index in [9.17, 15) is 0 Å². The fraction of sp³-hybridized carbons (Fsp3) is 1.00. The molecule has 0 radical (unpaired) electrons. The summed E-state index contributed by atoms with van der Waals surface area (Å²) < 4.78 is 0.